The standard InChI is InChI=1S/C13H21N3O/c1-15-7-6-11(8-15)9-16(2)13-5-3-4-12(10-17)14-13/h3-5,11,17H,6-10H2,1-2H3. The maximum Gasteiger partial charge on any atom is 0.128 e. The van der Waals surface area contributed by atoms with Gasteiger partial charge in [-0.05, 0) is 38.1 Å². The Kier molecular flexibility index (Phi) is 3.97. The second-order valence-corrected chi connectivity index (χ2v) is 4.94. The molecule has 1 aliphatic rings. The Labute approximate surface area is 103 Å². The van der Waals surface area contributed by atoms with Crippen LogP contribution in [0.15, 0.2) is 18.2 Å². The fraction of sp³-hybridized carbons (Fsp3) is 0.615. The molecule has 4 heteroatoms. The van der Waals surface area contributed by atoms with Crippen molar-refractivity contribution < 1.29 is 5.11 Å². The van der Waals surface area contributed by atoms with Crippen LogP contribution in [-0.2, 0) is 6.61 Å². The summed E-state index contributed by atoms with van der Waals surface area (Å²) in [6, 6.07) is 5.80. The molecule has 1 unspecified atom stereocenters. The van der Waals surface area contributed by atoms with Crippen molar-refractivity contribution in [1.82, 2.24) is 9.88 Å². The molecule has 1 fully saturated rings. The van der Waals surface area contributed by atoms with Crippen LogP contribution in [0.25, 0.3) is 0 Å². The molecule has 0 amide bonds. The molecule has 0 radical (unpaired) electrons. The van der Waals surface area contributed by atoms with Crippen LogP contribution in [0.3, 0.4) is 0 Å². The van der Waals surface area contributed by atoms with Crippen molar-refractivity contribution in [3.8, 4) is 0 Å². The largest absolute Gasteiger partial charge is 0.390 e. The first-order chi connectivity index (χ1) is 8.19. The first-order valence-corrected chi connectivity index (χ1v) is 6.15. The molecule has 1 aromatic rings. The molecule has 0 saturated carbocycles. The van der Waals surface area contributed by atoms with Gasteiger partial charge in [0.1, 0.15) is 5.82 Å². The summed E-state index contributed by atoms with van der Waals surface area (Å²) in [6.45, 7) is 3.41. The highest BCUT2D eigenvalue weighted by atomic mass is 16.3. The van der Waals surface area contributed by atoms with Gasteiger partial charge in [0, 0.05) is 20.1 Å². The third-order valence-electron chi connectivity index (χ3n) is 3.37. The monoisotopic (exact) mass is 235 g/mol. The molecule has 0 bridgehead atoms. The number of aromatic nitrogens is 1. The van der Waals surface area contributed by atoms with Crippen LogP contribution in [0, 0.1) is 5.92 Å². The zero-order valence-corrected chi connectivity index (χ0v) is 10.6. The van der Waals surface area contributed by atoms with Crippen LogP contribution in [0.5, 0.6) is 0 Å². The average molecular weight is 235 g/mol. The van der Waals surface area contributed by atoms with E-state index in [4.69, 9.17) is 5.11 Å². The lowest BCUT2D eigenvalue weighted by Crippen LogP contribution is -2.28. The Hall–Kier alpha value is -1.13. The number of pyridine rings is 1. The molecule has 2 rings (SSSR count). The lowest BCUT2D eigenvalue weighted by atomic mass is 10.1. The maximum absolute atomic E-state index is 9.08. The molecule has 94 valence electrons. The molecule has 0 aliphatic carbocycles. The van der Waals surface area contributed by atoms with Crippen LogP contribution < -0.4 is 4.90 Å². The first kappa shape index (κ1) is 12.3. The van der Waals surface area contributed by atoms with E-state index in [1.54, 1.807) is 0 Å². The highest BCUT2D eigenvalue weighted by Gasteiger charge is 2.21. The van der Waals surface area contributed by atoms with Crippen molar-refractivity contribution in [1.29, 1.82) is 0 Å². The van der Waals surface area contributed by atoms with Crippen LogP contribution in [-0.4, -0.2) is 48.7 Å². The summed E-state index contributed by atoms with van der Waals surface area (Å²) in [5, 5.41) is 9.08. The van der Waals surface area contributed by atoms with E-state index in [-0.39, 0.29) is 6.61 Å². The predicted octanol–water partition coefficient (Wildman–Crippen LogP) is 0.962. The second kappa shape index (κ2) is 5.47. The summed E-state index contributed by atoms with van der Waals surface area (Å²) in [5.74, 6) is 1.68. The van der Waals surface area contributed by atoms with Crippen LogP contribution in [0.1, 0.15) is 12.1 Å². The van der Waals surface area contributed by atoms with Gasteiger partial charge in [0.15, 0.2) is 0 Å². The van der Waals surface area contributed by atoms with E-state index in [0.717, 1.165) is 24.0 Å². The van der Waals surface area contributed by atoms with Gasteiger partial charge in [-0.3, -0.25) is 0 Å². The van der Waals surface area contributed by atoms with E-state index in [0.29, 0.717) is 0 Å². The fourth-order valence-electron chi connectivity index (χ4n) is 2.42. The molecule has 1 atom stereocenters. The summed E-state index contributed by atoms with van der Waals surface area (Å²) >= 11 is 0. The number of aliphatic hydroxyl groups excluding tert-OH is 1. The fourth-order valence-corrected chi connectivity index (χ4v) is 2.42. The third-order valence-corrected chi connectivity index (χ3v) is 3.37. The number of nitrogens with zero attached hydrogens (tertiary/aromatic N) is 3. The van der Waals surface area contributed by atoms with Gasteiger partial charge in [0.05, 0.1) is 12.3 Å². The van der Waals surface area contributed by atoms with Gasteiger partial charge in [-0.25, -0.2) is 4.98 Å². The van der Waals surface area contributed by atoms with Gasteiger partial charge >= 0.3 is 0 Å². The van der Waals surface area contributed by atoms with E-state index in [2.05, 4.69) is 28.9 Å². The quantitative estimate of drug-likeness (QED) is 0.844. The average Bonchev–Trinajstić information content (AvgIpc) is 2.75. The summed E-state index contributed by atoms with van der Waals surface area (Å²) in [7, 11) is 4.24. The summed E-state index contributed by atoms with van der Waals surface area (Å²) in [5.41, 5.74) is 0.734. The molecular formula is C13H21N3O. The molecule has 1 saturated heterocycles. The Bertz CT molecular complexity index is 369. The molecule has 4 nitrogen and oxygen atoms in total. The number of hydrogen-bond acceptors (Lipinski definition) is 4. The third kappa shape index (κ3) is 3.17. The van der Waals surface area contributed by atoms with Gasteiger partial charge in [-0.2, -0.15) is 0 Å². The zero-order valence-electron chi connectivity index (χ0n) is 10.6. The molecule has 0 spiro atoms. The van der Waals surface area contributed by atoms with Crippen molar-refractivity contribution >= 4 is 5.82 Å². The molecule has 1 N–H and O–H groups in total. The van der Waals surface area contributed by atoms with Crippen molar-refractivity contribution in [2.24, 2.45) is 5.92 Å². The second-order valence-electron chi connectivity index (χ2n) is 4.94. The number of aliphatic hydroxyl groups is 1. The van der Waals surface area contributed by atoms with Crippen LogP contribution >= 0.6 is 0 Å². The number of rotatable bonds is 4. The number of hydrogen-bond donors (Lipinski definition) is 1. The van der Waals surface area contributed by atoms with Gasteiger partial charge in [0.25, 0.3) is 0 Å². The topological polar surface area (TPSA) is 39.6 Å². The van der Waals surface area contributed by atoms with Gasteiger partial charge in [-0.15, -0.1) is 0 Å². The minimum absolute atomic E-state index is 0.00778. The lowest BCUT2D eigenvalue weighted by molar-refractivity contribution is 0.277. The van der Waals surface area contributed by atoms with Crippen LogP contribution in [0.2, 0.25) is 0 Å². The van der Waals surface area contributed by atoms with Crippen molar-refractivity contribution in [2.75, 3.05) is 38.6 Å². The van der Waals surface area contributed by atoms with E-state index in [9.17, 15) is 0 Å². The summed E-state index contributed by atoms with van der Waals surface area (Å²) < 4.78 is 0. The molecule has 1 aliphatic heterocycles. The number of anilines is 1. The zero-order chi connectivity index (χ0) is 12.3. The molecule has 17 heavy (non-hydrogen) atoms. The van der Waals surface area contributed by atoms with Crippen molar-refractivity contribution in [2.45, 2.75) is 13.0 Å². The Balaban J connectivity index is 1.96. The van der Waals surface area contributed by atoms with E-state index >= 15 is 0 Å². The van der Waals surface area contributed by atoms with E-state index < -0.39 is 0 Å². The minimum atomic E-state index is 0.00778. The lowest BCUT2D eigenvalue weighted by Gasteiger charge is -2.22. The normalized spacial score (nSPS) is 20.8. The van der Waals surface area contributed by atoms with Crippen LogP contribution in [0.4, 0.5) is 5.82 Å². The van der Waals surface area contributed by atoms with Crippen molar-refractivity contribution in [3.05, 3.63) is 23.9 Å². The maximum atomic E-state index is 9.08. The smallest absolute Gasteiger partial charge is 0.128 e. The van der Waals surface area contributed by atoms with E-state index in [1.807, 2.05) is 18.2 Å². The van der Waals surface area contributed by atoms with Gasteiger partial charge < -0.3 is 14.9 Å². The molecule has 1 aromatic heterocycles. The Morgan fingerprint density at radius 1 is 1.53 bits per heavy atom. The van der Waals surface area contributed by atoms with Gasteiger partial charge in [0.2, 0.25) is 0 Å². The van der Waals surface area contributed by atoms with Crippen molar-refractivity contribution in [3.63, 3.8) is 0 Å². The van der Waals surface area contributed by atoms with E-state index in [1.165, 1.54) is 19.5 Å². The molecule has 0 aromatic carbocycles. The minimum Gasteiger partial charge on any atom is -0.390 e. The highest BCUT2D eigenvalue weighted by Crippen LogP contribution is 2.18. The Morgan fingerprint density at radius 3 is 3.00 bits per heavy atom. The predicted molar refractivity (Wildman–Crippen MR) is 69.0 cm³/mol. The van der Waals surface area contributed by atoms with Gasteiger partial charge in [-0.1, -0.05) is 6.07 Å². The summed E-state index contributed by atoms with van der Waals surface area (Å²) in [6.07, 6.45) is 1.26. The highest BCUT2D eigenvalue weighted by molar-refractivity contribution is 5.38. The number of likely N-dealkylation sites (tertiary alicyclic amines) is 1. The SMILES string of the molecule is CN1CCC(CN(C)c2cccc(CO)n2)C1. The molecular weight excluding hydrogens is 214 g/mol. The first-order valence-electron chi connectivity index (χ1n) is 6.15. The molecule has 2 heterocycles. The summed E-state index contributed by atoms with van der Waals surface area (Å²) in [4.78, 5) is 8.97. The Morgan fingerprint density at radius 2 is 2.35 bits per heavy atom.